The quantitative estimate of drug-likeness (QED) is 0.766. The molecule has 28 heavy (non-hydrogen) atoms. The normalized spacial score (nSPS) is 13.9. The van der Waals surface area contributed by atoms with E-state index in [9.17, 15) is 9.59 Å². The second-order valence-corrected chi connectivity index (χ2v) is 6.54. The summed E-state index contributed by atoms with van der Waals surface area (Å²) in [6, 6.07) is 9.03. The van der Waals surface area contributed by atoms with E-state index in [-0.39, 0.29) is 11.8 Å². The number of hydrogen-bond donors (Lipinski definition) is 0. The molecule has 148 valence electrons. The van der Waals surface area contributed by atoms with Gasteiger partial charge in [-0.25, -0.2) is 0 Å². The van der Waals surface area contributed by atoms with Crippen LogP contribution in [0.15, 0.2) is 42.7 Å². The van der Waals surface area contributed by atoms with Crippen LogP contribution in [0.25, 0.3) is 0 Å². The summed E-state index contributed by atoms with van der Waals surface area (Å²) >= 11 is 0. The average molecular weight is 383 g/mol. The Morgan fingerprint density at radius 1 is 0.964 bits per heavy atom. The molecule has 7 nitrogen and oxygen atoms in total. The third-order valence-corrected chi connectivity index (χ3v) is 4.65. The molecule has 1 aromatic carbocycles. The molecule has 0 N–H and O–H groups in total. The lowest BCUT2D eigenvalue weighted by molar-refractivity contribution is -0.130. The maximum absolute atomic E-state index is 12.8. The Kier molecular flexibility index (Phi) is 6.47. The van der Waals surface area contributed by atoms with Gasteiger partial charge >= 0.3 is 0 Å². The van der Waals surface area contributed by atoms with Crippen LogP contribution in [-0.4, -0.2) is 59.4 Å². The van der Waals surface area contributed by atoms with Crippen molar-refractivity contribution in [2.75, 3.05) is 32.8 Å². The van der Waals surface area contributed by atoms with Crippen LogP contribution in [0.2, 0.25) is 0 Å². The van der Waals surface area contributed by atoms with Gasteiger partial charge in [0.05, 0.1) is 6.61 Å². The first-order chi connectivity index (χ1) is 13.6. The molecular weight excluding hydrogens is 358 g/mol. The monoisotopic (exact) mass is 383 g/mol. The van der Waals surface area contributed by atoms with Crippen molar-refractivity contribution in [3.8, 4) is 11.5 Å². The van der Waals surface area contributed by atoms with Crippen molar-refractivity contribution in [2.45, 2.75) is 20.5 Å². The number of rotatable bonds is 6. The van der Waals surface area contributed by atoms with Gasteiger partial charge in [-0.05, 0) is 42.8 Å². The number of pyridine rings is 1. The number of piperazine rings is 1. The second-order valence-electron chi connectivity index (χ2n) is 6.54. The molecule has 1 fully saturated rings. The Bertz CT molecular complexity index is 818. The van der Waals surface area contributed by atoms with Gasteiger partial charge < -0.3 is 19.3 Å². The van der Waals surface area contributed by atoms with Crippen molar-refractivity contribution in [1.82, 2.24) is 14.8 Å². The summed E-state index contributed by atoms with van der Waals surface area (Å²) in [5, 5.41) is 0. The van der Waals surface area contributed by atoms with Crippen LogP contribution in [0, 0.1) is 0 Å². The van der Waals surface area contributed by atoms with E-state index in [1.54, 1.807) is 47.3 Å². The van der Waals surface area contributed by atoms with Gasteiger partial charge in [0.2, 0.25) is 5.91 Å². The minimum atomic E-state index is -0.0650. The number of ether oxygens (including phenoxy) is 2. The molecule has 0 unspecified atom stereocenters. The van der Waals surface area contributed by atoms with E-state index in [2.05, 4.69) is 4.98 Å². The first kappa shape index (κ1) is 19.7. The summed E-state index contributed by atoms with van der Waals surface area (Å²) in [4.78, 5) is 31.8. The summed E-state index contributed by atoms with van der Waals surface area (Å²) in [6.07, 6.45) is 3.44. The molecule has 1 aliphatic heterocycles. The number of benzene rings is 1. The molecular formula is C21H25N3O4. The van der Waals surface area contributed by atoms with Gasteiger partial charge in [-0.1, -0.05) is 0 Å². The summed E-state index contributed by atoms with van der Waals surface area (Å²) in [6.45, 7) is 6.49. The first-order valence-corrected chi connectivity index (χ1v) is 9.42. The van der Waals surface area contributed by atoms with Gasteiger partial charge in [-0.3, -0.25) is 14.6 Å². The summed E-state index contributed by atoms with van der Waals surface area (Å²) in [5.41, 5.74) is 1.55. The summed E-state index contributed by atoms with van der Waals surface area (Å²) in [5.74, 6) is 1.12. The van der Waals surface area contributed by atoms with E-state index in [0.717, 1.165) is 5.56 Å². The topological polar surface area (TPSA) is 72.0 Å². The van der Waals surface area contributed by atoms with Crippen molar-refractivity contribution in [2.24, 2.45) is 0 Å². The molecule has 0 saturated carbocycles. The third kappa shape index (κ3) is 4.79. The van der Waals surface area contributed by atoms with Crippen LogP contribution in [0.5, 0.6) is 11.5 Å². The Hall–Kier alpha value is -3.09. The maximum atomic E-state index is 12.8. The third-order valence-electron chi connectivity index (χ3n) is 4.65. The molecule has 1 saturated heterocycles. The molecule has 0 radical (unpaired) electrons. The number of aromatic nitrogens is 1. The Labute approximate surface area is 164 Å². The van der Waals surface area contributed by atoms with E-state index in [0.29, 0.717) is 56.5 Å². The molecule has 0 aliphatic carbocycles. The predicted molar refractivity (Wildman–Crippen MR) is 104 cm³/mol. The van der Waals surface area contributed by atoms with E-state index >= 15 is 0 Å². The standard InChI is InChI=1S/C21H25N3O4/c1-3-27-20-14-18(21(26)24-12-10-23(11-13-24)16(2)25)4-5-19(20)28-15-17-6-8-22-9-7-17/h4-9,14H,3,10-13,15H2,1-2H3. The molecule has 0 spiro atoms. The van der Waals surface area contributed by atoms with Gasteiger partial charge in [-0.15, -0.1) is 0 Å². The van der Waals surface area contributed by atoms with E-state index in [1.807, 2.05) is 19.1 Å². The minimum Gasteiger partial charge on any atom is -0.490 e. The number of amides is 2. The lowest BCUT2D eigenvalue weighted by atomic mass is 10.1. The minimum absolute atomic E-state index is 0.0430. The first-order valence-electron chi connectivity index (χ1n) is 9.42. The highest BCUT2D eigenvalue weighted by Crippen LogP contribution is 2.30. The second kappa shape index (κ2) is 9.21. The predicted octanol–water partition coefficient (Wildman–Crippen LogP) is 2.36. The van der Waals surface area contributed by atoms with Crippen LogP contribution in [0.3, 0.4) is 0 Å². The van der Waals surface area contributed by atoms with Crippen LogP contribution in [0.1, 0.15) is 29.8 Å². The fourth-order valence-corrected chi connectivity index (χ4v) is 3.08. The number of hydrogen-bond acceptors (Lipinski definition) is 5. The molecule has 2 heterocycles. The van der Waals surface area contributed by atoms with Crippen molar-refractivity contribution < 1.29 is 19.1 Å². The van der Waals surface area contributed by atoms with Gasteiger partial charge in [0, 0.05) is 51.1 Å². The van der Waals surface area contributed by atoms with Gasteiger partial charge in [-0.2, -0.15) is 0 Å². The highest BCUT2D eigenvalue weighted by atomic mass is 16.5. The molecule has 0 atom stereocenters. The largest absolute Gasteiger partial charge is 0.490 e. The van der Waals surface area contributed by atoms with Crippen LogP contribution < -0.4 is 9.47 Å². The molecule has 3 rings (SSSR count). The number of nitrogens with zero attached hydrogens (tertiary/aromatic N) is 3. The van der Waals surface area contributed by atoms with Crippen LogP contribution in [-0.2, 0) is 11.4 Å². The fourth-order valence-electron chi connectivity index (χ4n) is 3.08. The van der Waals surface area contributed by atoms with Crippen molar-refractivity contribution in [3.05, 3.63) is 53.9 Å². The molecule has 7 heteroatoms. The number of carbonyl (C=O) groups is 2. The highest BCUT2D eigenvalue weighted by Gasteiger charge is 2.24. The average Bonchev–Trinajstić information content (AvgIpc) is 2.73. The fraction of sp³-hybridized carbons (Fsp3) is 0.381. The zero-order chi connectivity index (χ0) is 19.9. The Balaban J connectivity index is 1.69. The number of carbonyl (C=O) groups excluding carboxylic acids is 2. The lowest BCUT2D eigenvalue weighted by Gasteiger charge is -2.34. The summed E-state index contributed by atoms with van der Waals surface area (Å²) in [7, 11) is 0. The molecule has 1 aliphatic rings. The van der Waals surface area contributed by atoms with E-state index in [4.69, 9.17) is 9.47 Å². The highest BCUT2D eigenvalue weighted by molar-refractivity contribution is 5.95. The van der Waals surface area contributed by atoms with Crippen molar-refractivity contribution >= 4 is 11.8 Å². The van der Waals surface area contributed by atoms with Gasteiger partial charge in [0.15, 0.2) is 11.5 Å². The van der Waals surface area contributed by atoms with Crippen LogP contribution in [0.4, 0.5) is 0 Å². The Morgan fingerprint density at radius 2 is 1.64 bits per heavy atom. The lowest BCUT2D eigenvalue weighted by Crippen LogP contribution is -2.50. The zero-order valence-electron chi connectivity index (χ0n) is 16.3. The molecule has 2 amide bonds. The SMILES string of the molecule is CCOc1cc(C(=O)N2CCN(C(C)=O)CC2)ccc1OCc1ccncc1. The van der Waals surface area contributed by atoms with E-state index in [1.165, 1.54) is 0 Å². The molecule has 1 aromatic heterocycles. The van der Waals surface area contributed by atoms with Gasteiger partial charge in [0.25, 0.3) is 5.91 Å². The summed E-state index contributed by atoms with van der Waals surface area (Å²) < 4.78 is 11.6. The van der Waals surface area contributed by atoms with Crippen molar-refractivity contribution in [1.29, 1.82) is 0 Å². The Morgan fingerprint density at radius 3 is 2.29 bits per heavy atom. The molecule has 2 aromatic rings. The maximum Gasteiger partial charge on any atom is 0.254 e. The molecule has 0 bridgehead atoms. The smallest absolute Gasteiger partial charge is 0.254 e. The zero-order valence-corrected chi connectivity index (χ0v) is 16.3. The van der Waals surface area contributed by atoms with Crippen LogP contribution >= 0.6 is 0 Å². The van der Waals surface area contributed by atoms with E-state index < -0.39 is 0 Å². The van der Waals surface area contributed by atoms with Gasteiger partial charge in [0.1, 0.15) is 6.61 Å². The van der Waals surface area contributed by atoms with Crippen molar-refractivity contribution in [3.63, 3.8) is 0 Å².